The zero-order valence-corrected chi connectivity index (χ0v) is 20.2. The van der Waals surface area contributed by atoms with Crippen LogP contribution in [0.25, 0.3) is 10.2 Å². The number of aliphatic hydroxyl groups is 1. The van der Waals surface area contributed by atoms with Gasteiger partial charge in [0.05, 0.1) is 29.3 Å². The van der Waals surface area contributed by atoms with Gasteiger partial charge in [-0.25, -0.2) is 9.18 Å². The van der Waals surface area contributed by atoms with Gasteiger partial charge in [-0.3, -0.25) is 18.7 Å². The number of nitrogens with zero attached hydrogens (tertiary/aromatic N) is 3. The van der Waals surface area contributed by atoms with Crippen LogP contribution in [0.1, 0.15) is 46.2 Å². The first kappa shape index (κ1) is 26.1. The van der Waals surface area contributed by atoms with Crippen LogP contribution in [0.3, 0.4) is 0 Å². The Morgan fingerprint density at radius 2 is 1.78 bits per heavy atom. The number of aromatic nitrogens is 2. The van der Waals surface area contributed by atoms with Gasteiger partial charge in [0, 0.05) is 19.6 Å². The molecule has 194 valence electrons. The molecular formula is C24H25F4N3O4S. The second kappa shape index (κ2) is 10.2. The largest absolute Gasteiger partial charge is 0.393 e. The summed E-state index contributed by atoms with van der Waals surface area (Å²) < 4.78 is 55.6. The van der Waals surface area contributed by atoms with Gasteiger partial charge < -0.3 is 10.0 Å². The van der Waals surface area contributed by atoms with Gasteiger partial charge in [0.1, 0.15) is 11.0 Å². The van der Waals surface area contributed by atoms with E-state index in [4.69, 9.17) is 0 Å². The molecule has 3 heterocycles. The molecule has 2 aromatic heterocycles. The number of carbonyl (C=O) groups excluding carboxylic acids is 1. The molecule has 4 rings (SSSR count). The number of halogens is 4. The number of piperidine rings is 1. The van der Waals surface area contributed by atoms with Crippen LogP contribution in [0.4, 0.5) is 17.6 Å². The van der Waals surface area contributed by atoms with Crippen molar-refractivity contribution >= 4 is 27.5 Å². The third-order valence-electron chi connectivity index (χ3n) is 6.36. The maximum absolute atomic E-state index is 15.0. The number of likely N-dealkylation sites (tertiary alicyclic amines) is 1. The highest BCUT2D eigenvalue weighted by atomic mass is 32.1. The standard InChI is InChI=1S/C24H25F4N3O4S/c1-14-18-20(33)31(13-17(25)15-5-3-2-4-6-15)23(35)30(12-9-24(26,27)28)22(18)36-19(14)21(34)29-10-7-16(32)8-11-29/h2-6,16-17,32H,7-13H2,1H3. The first-order chi connectivity index (χ1) is 17.0. The summed E-state index contributed by atoms with van der Waals surface area (Å²) in [5.74, 6) is -0.422. The summed E-state index contributed by atoms with van der Waals surface area (Å²) in [5, 5.41) is 9.65. The lowest BCUT2D eigenvalue weighted by molar-refractivity contribution is -0.136. The van der Waals surface area contributed by atoms with Gasteiger partial charge in [-0.1, -0.05) is 30.3 Å². The van der Waals surface area contributed by atoms with E-state index < -0.39 is 55.1 Å². The molecule has 0 spiro atoms. The average Bonchev–Trinajstić information content (AvgIpc) is 3.18. The van der Waals surface area contributed by atoms with Crippen LogP contribution in [-0.2, 0) is 13.1 Å². The SMILES string of the molecule is Cc1c(C(=O)N2CCC(O)CC2)sc2c1c(=O)n(CC(F)c1ccccc1)c(=O)n2CCC(F)(F)F. The first-order valence-corrected chi connectivity index (χ1v) is 12.3. The maximum Gasteiger partial charge on any atom is 0.390 e. The lowest BCUT2D eigenvalue weighted by Crippen LogP contribution is -2.41. The zero-order valence-electron chi connectivity index (χ0n) is 19.4. The smallest absolute Gasteiger partial charge is 0.390 e. The van der Waals surface area contributed by atoms with E-state index in [2.05, 4.69) is 0 Å². The number of aliphatic hydroxyl groups excluding tert-OH is 1. The van der Waals surface area contributed by atoms with Gasteiger partial charge in [-0.05, 0) is 30.9 Å². The summed E-state index contributed by atoms with van der Waals surface area (Å²) in [6.45, 7) is 0.634. The number of benzene rings is 1. The zero-order chi connectivity index (χ0) is 26.2. The molecule has 0 bridgehead atoms. The fraction of sp³-hybridized carbons (Fsp3) is 0.458. The van der Waals surface area contributed by atoms with Crippen molar-refractivity contribution in [2.24, 2.45) is 0 Å². The van der Waals surface area contributed by atoms with Crippen molar-refractivity contribution in [3.63, 3.8) is 0 Å². The molecule has 12 heteroatoms. The lowest BCUT2D eigenvalue weighted by atomic mass is 10.1. The van der Waals surface area contributed by atoms with E-state index in [0.29, 0.717) is 30.5 Å². The van der Waals surface area contributed by atoms with Crippen LogP contribution < -0.4 is 11.2 Å². The molecule has 0 aliphatic carbocycles. The Bertz CT molecular complexity index is 1370. The summed E-state index contributed by atoms with van der Waals surface area (Å²) >= 11 is 0.791. The van der Waals surface area contributed by atoms with Crippen molar-refractivity contribution in [3.8, 4) is 0 Å². The van der Waals surface area contributed by atoms with E-state index in [9.17, 15) is 32.7 Å². The first-order valence-electron chi connectivity index (χ1n) is 11.5. The minimum Gasteiger partial charge on any atom is -0.393 e. The molecule has 1 aromatic carbocycles. The number of alkyl halides is 4. The number of aryl methyl sites for hydroxylation is 2. The van der Waals surface area contributed by atoms with Gasteiger partial charge in [0.2, 0.25) is 0 Å². The molecule has 1 saturated heterocycles. The molecule has 1 amide bonds. The minimum atomic E-state index is -4.57. The van der Waals surface area contributed by atoms with Gasteiger partial charge in [-0.15, -0.1) is 11.3 Å². The molecule has 3 aromatic rings. The Morgan fingerprint density at radius 3 is 2.39 bits per heavy atom. The molecule has 1 aliphatic rings. The number of thiophene rings is 1. The highest BCUT2D eigenvalue weighted by Gasteiger charge is 2.31. The monoisotopic (exact) mass is 527 g/mol. The highest BCUT2D eigenvalue weighted by molar-refractivity contribution is 7.20. The molecular weight excluding hydrogens is 502 g/mol. The van der Waals surface area contributed by atoms with E-state index in [-0.39, 0.29) is 26.2 Å². The van der Waals surface area contributed by atoms with Crippen molar-refractivity contribution in [1.29, 1.82) is 0 Å². The van der Waals surface area contributed by atoms with E-state index in [1.54, 1.807) is 18.2 Å². The molecule has 1 fully saturated rings. The van der Waals surface area contributed by atoms with Crippen LogP contribution in [0, 0.1) is 6.92 Å². The van der Waals surface area contributed by atoms with E-state index >= 15 is 4.39 Å². The normalized spacial score (nSPS) is 16.0. The van der Waals surface area contributed by atoms with E-state index in [1.165, 1.54) is 24.0 Å². The predicted molar refractivity (Wildman–Crippen MR) is 127 cm³/mol. The highest BCUT2D eigenvalue weighted by Crippen LogP contribution is 2.31. The Labute approximate surface area is 207 Å². The Morgan fingerprint density at radius 1 is 1.14 bits per heavy atom. The number of amides is 1. The number of fused-ring (bicyclic) bond motifs is 1. The van der Waals surface area contributed by atoms with Crippen molar-refractivity contribution < 1.29 is 27.5 Å². The molecule has 0 saturated carbocycles. The second-order valence-electron chi connectivity index (χ2n) is 8.85. The summed E-state index contributed by atoms with van der Waals surface area (Å²) in [6.07, 6.45) is -7.39. The number of carbonyl (C=O) groups is 1. The lowest BCUT2D eigenvalue weighted by Gasteiger charge is -2.29. The van der Waals surface area contributed by atoms with Crippen molar-refractivity contribution in [2.75, 3.05) is 13.1 Å². The summed E-state index contributed by atoms with van der Waals surface area (Å²) in [6, 6.07) is 7.83. The van der Waals surface area contributed by atoms with Crippen LogP contribution >= 0.6 is 11.3 Å². The molecule has 0 radical (unpaired) electrons. The Kier molecular flexibility index (Phi) is 7.37. The fourth-order valence-electron chi connectivity index (χ4n) is 4.34. The molecule has 1 unspecified atom stereocenters. The summed E-state index contributed by atoms with van der Waals surface area (Å²) in [5.41, 5.74) is -1.45. The number of hydrogen-bond acceptors (Lipinski definition) is 5. The van der Waals surface area contributed by atoms with E-state index in [1.807, 2.05) is 0 Å². The van der Waals surface area contributed by atoms with Crippen LogP contribution in [0.5, 0.6) is 0 Å². The third-order valence-corrected chi connectivity index (χ3v) is 7.67. The summed E-state index contributed by atoms with van der Waals surface area (Å²) in [7, 11) is 0. The van der Waals surface area contributed by atoms with E-state index in [0.717, 1.165) is 15.9 Å². The van der Waals surface area contributed by atoms with Crippen molar-refractivity contribution in [3.05, 3.63) is 67.2 Å². The molecule has 36 heavy (non-hydrogen) atoms. The quantitative estimate of drug-likeness (QED) is 0.495. The van der Waals surface area contributed by atoms with Crippen molar-refractivity contribution in [1.82, 2.24) is 14.0 Å². The number of hydrogen-bond donors (Lipinski definition) is 1. The van der Waals surface area contributed by atoms with Crippen LogP contribution in [0.15, 0.2) is 39.9 Å². The average molecular weight is 528 g/mol. The van der Waals surface area contributed by atoms with Gasteiger partial charge >= 0.3 is 11.9 Å². The second-order valence-corrected chi connectivity index (χ2v) is 9.85. The van der Waals surface area contributed by atoms with Crippen LogP contribution in [-0.4, -0.2) is 50.4 Å². The van der Waals surface area contributed by atoms with Crippen molar-refractivity contribution in [2.45, 2.75) is 57.7 Å². The Balaban J connectivity index is 1.83. The molecule has 1 atom stereocenters. The topological polar surface area (TPSA) is 84.5 Å². The van der Waals surface area contributed by atoms with Gasteiger partial charge in [0.25, 0.3) is 11.5 Å². The molecule has 1 aliphatic heterocycles. The predicted octanol–water partition coefficient (Wildman–Crippen LogP) is 3.79. The summed E-state index contributed by atoms with van der Waals surface area (Å²) in [4.78, 5) is 41.3. The van der Waals surface area contributed by atoms with Gasteiger partial charge in [0.15, 0.2) is 0 Å². The third kappa shape index (κ3) is 5.24. The Hall–Kier alpha value is -2.99. The van der Waals surface area contributed by atoms with Gasteiger partial charge in [-0.2, -0.15) is 13.2 Å². The van der Waals surface area contributed by atoms with Crippen LogP contribution in [0.2, 0.25) is 0 Å². The number of rotatable bonds is 6. The minimum absolute atomic E-state index is 0.0430. The molecule has 7 nitrogen and oxygen atoms in total. The maximum atomic E-state index is 15.0. The fourth-order valence-corrected chi connectivity index (χ4v) is 5.62. The molecule has 1 N–H and O–H groups in total.